The molecule has 7 nitrogen and oxygen atoms in total. The van der Waals surface area contributed by atoms with Crippen molar-refractivity contribution in [3.63, 3.8) is 0 Å². The van der Waals surface area contributed by atoms with Crippen LogP contribution in [0.4, 0.5) is 0 Å². The maximum atomic E-state index is 12.3. The third-order valence-corrected chi connectivity index (χ3v) is 3.34. The van der Waals surface area contributed by atoms with Crippen molar-refractivity contribution in [2.45, 2.75) is 20.8 Å². The number of benzene rings is 1. The van der Waals surface area contributed by atoms with Crippen LogP contribution in [0.2, 0.25) is 0 Å². The molecule has 0 atom stereocenters. The van der Waals surface area contributed by atoms with Crippen molar-refractivity contribution in [1.82, 2.24) is 20.6 Å². The van der Waals surface area contributed by atoms with Crippen LogP contribution in [0.1, 0.15) is 31.1 Å². The highest BCUT2D eigenvalue weighted by atomic mass is 16.2. The average Bonchev–Trinajstić information content (AvgIpc) is 2.83. The van der Waals surface area contributed by atoms with E-state index in [9.17, 15) is 14.4 Å². The number of fused-ring (bicyclic) bond motifs is 1. The molecule has 1 aromatic carbocycles. The van der Waals surface area contributed by atoms with Gasteiger partial charge in [-0.3, -0.25) is 9.59 Å². The van der Waals surface area contributed by atoms with E-state index in [4.69, 9.17) is 0 Å². The van der Waals surface area contributed by atoms with Crippen LogP contribution < -0.4 is 16.3 Å². The lowest BCUT2D eigenvalue weighted by Gasteiger charge is -2.25. The molecule has 0 bridgehead atoms. The van der Waals surface area contributed by atoms with Crippen molar-refractivity contribution in [3.05, 3.63) is 34.2 Å². The molecule has 0 fully saturated rings. The number of imidazole rings is 1. The number of carbonyl (C=O) groups is 2. The zero-order chi connectivity index (χ0) is 16.3. The molecule has 2 aromatic rings. The lowest BCUT2D eigenvalue weighted by molar-refractivity contribution is -0.119. The van der Waals surface area contributed by atoms with Crippen molar-refractivity contribution < 1.29 is 9.59 Å². The Balaban J connectivity index is 2.08. The summed E-state index contributed by atoms with van der Waals surface area (Å²) in [6, 6.07) is 5.09. The van der Waals surface area contributed by atoms with E-state index < -0.39 is 0 Å². The molecule has 0 saturated carbocycles. The Bertz CT molecular complexity index is 757. The minimum Gasteiger partial charge on any atom is -0.356 e. The molecule has 0 aliphatic carbocycles. The number of carbonyl (C=O) groups excluding carboxylic acids is 2. The predicted molar refractivity (Wildman–Crippen MR) is 83.7 cm³/mol. The standard InChI is InChI=1S/C15H20N4O3/c1-9(20)16-7-15(2,3)8-17-13(21)10-5-4-6-11-12(10)19-14(22)18-11/h4-6H,7-8H2,1-3H3,(H,16,20)(H,17,21)(H2,18,19,22). The number of hydrogen-bond acceptors (Lipinski definition) is 3. The Hall–Kier alpha value is -2.57. The third kappa shape index (κ3) is 3.75. The van der Waals surface area contributed by atoms with E-state index in [1.54, 1.807) is 18.2 Å². The summed E-state index contributed by atoms with van der Waals surface area (Å²) in [5.74, 6) is -0.370. The van der Waals surface area contributed by atoms with Crippen molar-refractivity contribution >= 4 is 22.8 Å². The minimum atomic E-state index is -0.346. The summed E-state index contributed by atoms with van der Waals surface area (Å²) in [5, 5.41) is 5.58. The van der Waals surface area contributed by atoms with Gasteiger partial charge in [-0.15, -0.1) is 0 Å². The highest BCUT2D eigenvalue weighted by Crippen LogP contribution is 2.15. The first-order valence-corrected chi connectivity index (χ1v) is 7.02. The van der Waals surface area contributed by atoms with E-state index >= 15 is 0 Å². The second-order valence-corrected chi connectivity index (χ2v) is 6.06. The van der Waals surface area contributed by atoms with Gasteiger partial charge in [0.25, 0.3) is 5.91 Å². The van der Waals surface area contributed by atoms with Crippen LogP contribution in [0.3, 0.4) is 0 Å². The van der Waals surface area contributed by atoms with Gasteiger partial charge in [0.2, 0.25) is 5.91 Å². The molecule has 0 spiro atoms. The molecule has 0 radical (unpaired) electrons. The number of rotatable bonds is 5. The van der Waals surface area contributed by atoms with E-state index in [0.717, 1.165) is 0 Å². The van der Waals surface area contributed by atoms with Gasteiger partial charge in [0, 0.05) is 20.0 Å². The van der Waals surface area contributed by atoms with Gasteiger partial charge in [0.05, 0.1) is 16.6 Å². The number of H-pyrrole nitrogens is 2. The first-order valence-electron chi connectivity index (χ1n) is 7.02. The highest BCUT2D eigenvalue weighted by Gasteiger charge is 2.20. The Labute approximate surface area is 127 Å². The number of amides is 2. The molecule has 2 amide bonds. The van der Waals surface area contributed by atoms with Crippen LogP contribution in [0.15, 0.2) is 23.0 Å². The first kappa shape index (κ1) is 15.8. The summed E-state index contributed by atoms with van der Waals surface area (Å²) in [5.41, 5.74) is 0.869. The smallest absolute Gasteiger partial charge is 0.323 e. The number of aromatic nitrogens is 2. The topological polar surface area (TPSA) is 107 Å². The summed E-state index contributed by atoms with van der Waals surface area (Å²) in [6.45, 7) is 6.21. The van der Waals surface area contributed by atoms with E-state index in [1.807, 2.05) is 13.8 Å². The van der Waals surface area contributed by atoms with Crippen LogP contribution in [-0.4, -0.2) is 34.9 Å². The van der Waals surface area contributed by atoms with Crippen molar-refractivity contribution in [3.8, 4) is 0 Å². The predicted octanol–water partition coefficient (Wildman–Crippen LogP) is 0.748. The number of aromatic amines is 2. The molecule has 1 aromatic heterocycles. The normalized spacial score (nSPS) is 11.4. The Morgan fingerprint density at radius 2 is 1.82 bits per heavy atom. The van der Waals surface area contributed by atoms with E-state index in [2.05, 4.69) is 20.6 Å². The maximum Gasteiger partial charge on any atom is 0.323 e. The van der Waals surface area contributed by atoms with Crippen molar-refractivity contribution in [2.75, 3.05) is 13.1 Å². The average molecular weight is 304 g/mol. The molecule has 0 aliphatic rings. The van der Waals surface area contributed by atoms with Gasteiger partial charge < -0.3 is 20.6 Å². The van der Waals surface area contributed by atoms with Gasteiger partial charge in [-0.05, 0) is 17.5 Å². The molecular formula is C15H20N4O3. The van der Waals surface area contributed by atoms with Crippen LogP contribution in [-0.2, 0) is 4.79 Å². The van der Waals surface area contributed by atoms with E-state index in [1.165, 1.54) is 6.92 Å². The Kier molecular flexibility index (Phi) is 4.35. The molecular weight excluding hydrogens is 284 g/mol. The summed E-state index contributed by atoms with van der Waals surface area (Å²) in [6.07, 6.45) is 0. The molecule has 0 unspecified atom stereocenters. The van der Waals surface area contributed by atoms with Gasteiger partial charge in [0.15, 0.2) is 0 Å². The van der Waals surface area contributed by atoms with Gasteiger partial charge in [-0.1, -0.05) is 19.9 Å². The zero-order valence-electron chi connectivity index (χ0n) is 12.9. The summed E-state index contributed by atoms with van der Waals surface area (Å²) < 4.78 is 0. The maximum absolute atomic E-state index is 12.3. The molecule has 0 aliphatic heterocycles. The summed E-state index contributed by atoms with van der Waals surface area (Å²) in [4.78, 5) is 39.9. The Morgan fingerprint density at radius 3 is 2.50 bits per heavy atom. The molecule has 0 saturated heterocycles. The molecule has 1 heterocycles. The first-order chi connectivity index (χ1) is 10.3. The Morgan fingerprint density at radius 1 is 1.14 bits per heavy atom. The van der Waals surface area contributed by atoms with Crippen molar-refractivity contribution in [1.29, 1.82) is 0 Å². The van der Waals surface area contributed by atoms with Crippen LogP contribution in [0.5, 0.6) is 0 Å². The second kappa shape index (κ2) is 6.05. The SMILES string of the molecule is CC(=O)NCC(C)(C)CNC(=O)c1cccc2[nH]c(=O)[nH]c12. The molecule has 2 rings (SSSR count). The summed E-state index contributed by atoms with van der Waals surface area (Å²) >= 11 is 0. The third-order valence-electron chi connectivity index (χ3n) is 3.34. The zero-order valence-corrected chi connectivity index (χ0v) is 12.9. The van der Waals surface area contributed by atoms with Crippen molar-refractivity contribution in [2.24, 2.45) is 5.41 Å². The lowest BCUT2D eigenvalue weighted by Crippen LogP contribution is -2.41. The monoisotopic (exact) mass is 304 g/mol. The molecule has 22 heavy (non-hydrogen) atoms. The van der Waals surface area contributed by atoms with Crippen LogP contribution >= 0.6 is 0 Å². The number of hydrogen-bond donors (Lipinski definition) is 4. The minimum absolute atomic E-state index is 0.103. The van der Waals surface area contributed by atoms with Crippen LogP contribution in [0.25, 0.3) is 11.0 Å². The lowest BCUT2D eigenvalue weighted by atomic mass is 9.93. The van der Waals surface area contributed by atoms with Crippen LogP contribution in [0, 0.1) is 5.41 Å². The van der Waals surface area contributed by atoms with Gasteiger partial charge in [-0.2, -0.15) is 0 Å². The fraction of sp³-hybridized carbons (Fsp3) is 0.400. The van der Waals surface area contributed by atoms with Gasteiger partial charge >= 0.3 is 5.69 Å². The second-order valence-electron chi connectivity index (χ2n) is 6.06. The largest absolute Gasteiger partial charge is 0.356 e. The summed E-state index contributed by atoms with van der Waals surface area (Å²) in [7, 11) is 0. The van der Waals surface area contributed by atoms with E-state index in [-0.39, 0.29) is 22.9 Å². The quantitative estimate of drug-likeness (QED) is 0.654. The molecule has 118 valence electrons. The molecule has 4 N–H and O–H groups in total. The van der Waals surface area contributed by atoms with Gasteiger partial charge in [0.1, 0.15) is 0 Å². The fourth-order valence-corrected chi connectivity index (χ4v) is 2.09. The molecule has 7 heteroatoms. The highest BCUT2D eigenvalue weighted by molar-refractivity contribution is 6.04. The van der Waals surface area contributed by atoms with E-state index in [0.29, 0.717) is 29.7 Å². The number of nitrogens with one attached hydrogen (secondary N) is 4. The fourth-order valence-electron chi connectivity index (χ4n) is 2.09. The van der Waals surface area contributed by atoms with Gasteiger partial charge in [-0.25, -0.2) is 4.79 Å². The number of para-hydroxylation sites is 1.